The van der Waals surface area contributed by atoms with Gasteiger partial charge in [0.1, 0.15) is 5.82 Å². The number of nitrogens with one attached hydrogen (secondary N) is 1. The molecule has 1 atom stereocenters. The number of hydrogen-bond acceptors (Lipinski definition) is 3. The number of urea groups is 1. The predicted molar refractivity (Wildman–Crippen MR) is 88.7 cm³/mol. The molecule has 1 aromatic heterocycles. The van der Waals surface area contributed by atoms with Gasteiger partial charge in [0.15, 0.2) is 0 Å². The molecule has 1 aromatic carbocycles. The van der Waals surface area contributed by atoms with Crippen LogP contribution in [0, 0.1) is 5.82 Å². The lowest BCUT2D eigenvalue weighted by molar-refractivity contribution is -0.116. The molecule has 1 aliphatic heterocycles. The summed E-state index contributed by atoms with van der Waals surface area (Å²) >= 11 is 0. The van der Waals surface area contributed by atoms with E-state index in [2.05, 4.69) is 10.4 Å². The fraction of sp³-hybridized carbons (Fsp3) is 0.412. The van der Waals surface area contributed by atoms with Crippen LogP contribution in [0.3, 0.4) is 0 Å². The van der Waals surface area contributed by atoms with Crippen LogP contribution in [-0.4, -0.2) is 45.5 Å². The minimum Gasteiger partial charge on any atom is -0.369 e. The second-order valence-corrected chi connectivity index (χ2v) is 6.61. The number of halogens is 1. The molecule has 1 fully saturated rings. The highest BCUT2D eigenvalue weighted by molar-refractivity contribution is 5.91. The van der Waals surface area contributed by atoms with Crippen molar-refractivity contribution >= 4 is 11.7 Å². The number of nitrogens with zero attached hydrogens (tertiary/aromatic N) is 3. The fourth-order valence-electron chi connectivity index (χ4n) is 3.02. The first-order valence-electron chi connectivity index (χ1n) is 7.87. The molecule has 2 heterocycles. The summed E-state index contributed by atoms with van der Waals surface area (Å²) in [4.78, 5) is 14.3. The van der Waals surface area contributed by atoms with Gasteiger partial charge in [-0.1, -0.05) is 0 Å². The molecule has 0 saturated carbocycles. The number of carbonyl (C=O) groups excluding carboxylic acids is 1. The van der Waals surface area contributed by atoms with Crippen LogP contribution in [-0.2, 0) is 4.74 Å². The van der Waals surface area contributed by atoms with Crippen molar-refractivity contribution in [2.24, 2.45) is 0 Å². The van der Waals surface area contributed by atoms with E-state index in [9.17, 15) is 9.18 Å². The maximum Gasteiger partial charge on any atom is 0.322 e. The standard InChI is InChI=1S/C17H21FN4O2/c1-12-10-21(11-17(2,3)24-12)16(23)20-14-9-13(18)5-6-15(14)22-8-4-7-19-22/h4-9,12H,10-11H2,1-3H3,(H,20,23). The zero-order valence-electron chi connectivity index (χ0n) is 14.0. The van der Waals surface area contributed by atoms with Crippen molar-refractivity contribution in [3.05, 3.63) is 42.5 Å². The Labute approximate surface area is 140 Å². The van der Waals surface area contributed by atoms with Crippen molar-refractivity contribution < 1.29 is 13.9 Å². The van der Waals surface area contributed by atoms with Crippen molar-refractivity contribution in [1.82, 2.24) is 14.7 Å². The lowest BCUT2D eigenvalue weighted by atomic mass is 10.1. The lowest BCUT2D eigenvalue weighted by Crippen LogP contribution is -2.54. The summed E-state index contributed by atoms with van der Waals surface area (Å²) in [6, 6.07) is 5.71. The highest BCUT2D eigenvalue weighted by Crippen LogP contribution is 2.24. The van der Waals surface area contributed by atoms with E-state index in [0.29, 0.717) is 24.5 Å². The molecular weight excluding hydrogens is 311 g/mol. The molecule has 2 aromatic rings. The maximum atomic E-state index is 13.7. The Kier molecular flexibility index (Phi) is 4.28. The Balaban J connectivity index is 1.83. The van der Waals surface area contributed by atoms with E-state index in [1.165, 1.54) is 12.1 Å². The topological polar surface area (TPSA) is 59.4 Å². The van der Waals surface area contributed by atoms with Crippen LogP contribution in [0.2, 0.25) is 0 Å². The van der Waals surface area contributed by atoms with E-state index in [-0.39, 0.29) is 12.1 Å². The van der Waals surface area contributed by atoms with Crippen LogP contribution in [0.25, 0.3) is 5.69 Å². The summed E-state index contributed by atoms with van der Waals surface area (Å²) in [6.45, 7) is 6.77. The summed E-state index contributed by atoms with van der Waals surface area (Å²) < 4.78 is 21.0. The second-order valence-electron chi connectivity index (χ2n) is 6.61. The van der Waals surface area contributed by atoms with Gasteiger partial charge in [0, 0.05) is 18.9 Å². The first-order valence-corrected chi connectivity index (χ1v) is 7.87. The van der Waals surface area contributed by atoms with Crippen molar-refractivity contribution in [2.45, 2.75) is 32.5 Å². The SMILES string of the molecule is CC1CN(C(=O)Nc2cc(F)ccc2-n2cccn2)CC(C)(C)O1. The predicted octanol–water partition coefficient (Wildman–Crippen LogP) is 3.04. The minimum atomic E-state index is -0.420. The molecule has 128 valence electrons. The highest BCUT2D eigenvalue weighted by atomic mass is 19.1. The van der Waals surface area contributed by atoms with Crippen LogP contribution < -0.4 is 5.32 Å². The first-order chi connectivity index (χ1) is 11.3. The van der Waals surface area contributed by atoms with Crippen LogP contribution in [0.15, 0.2) is 36.7 Å². The van der Waals surface area contributed by atoms with Crippen LogP contribution in [0.5, 0.6) is 0 Å². The van der Waals surface area contributed by atoms with E-state index in [0.717, 1.165) is 0 Å². The molecule has 0 radical (unpaired) electrons. The number of hydrogen-bond donors (Lipinski definition) is 1. The van der Waals surface area contributed by atoms with Crippen LogP contribution >= 0.6 is 0 Å². The average molecular weight is 332 g/mol. The number of benzene rings is 1. The van der Waals surface area contributed by atoms with Gasteiger partial charge in [0.05, 0.1) is 29.6 Å². The third-order valence-corrected chi connectivity index (χ3v) is 3.81. The minimum absolute atomic E-state index is 0.0578. The third kappa shape index (κ3) is 3.56. The normalized spacial score (nSPS) is 20.0. The lowest BCUT2D eigenvalue weighted by Gasteiger charge is -2.41. The van der Waals surface area contributed by atoms with E-state index in [1.807, 2.05) is 20.8 Å². The maximum absolute atomic E-state index is 13.7. The molecule has 1 saturated heterocycles. The van der Waals surface area contributed by atoms with Crippen LogP contribution in [0.4, 0.5) is 14.9 Å². The molecule has 0 bridgehead atoms. The number of morpholine rings is 1. The molecular formula is C17H21FN4O2. The summed E-state index contributed by atoms with van der Waals surface area (Å²) in [5.74, 6) is -0.420. The van der Waals surface area contributed by atoms with E-state index >= 15 is 0 Å². The molecule has 24 heavy (non-hydrogen) atoms. The Morgan fingerprint density at radius 2 is 2.25 bits per heavy atom. The third-order valence-electron chi connectivity index (χ3n) is 3.81. The Hall–Kier alpha value is -2.41. The second kappa shape index (κ2) is 6.24. The van der Waals surface area contributed by atoms with Crippen molar-refractivity contribution in [3.63, 3.8) is 0 Å². The number of anilines is 1. The van der Waals surface area contributed by atoms with Gasteiger partial charge < -0.3 is 15.0 Å². The van der Waals surface area contributed by atoms with Gasteiger partial charge in [0.25, 0.3) is 0 Å². The van der Waals surface area contributed by atoms with Gasteiger partial charge in [0.2, 0.25) is 0 Å². The molecule has 0 spiro atoms. The summed E-state index contributed by atoms with van der Waals surface area (Å²) in [5, 5.41) is 6.94. The molecule has 3 rings (SSSR count). The van der Waals surface area contributed by atoms with Crippen molar-refractivity contribution in [1.29, 1.82) is 0 Å². The first kappa shape index (κ1) is 16.4. The Bertz CT molecular complexity index is 730. The largest absolute Gasteiger partial charge is 0.369 e. The van der Waals surface area contributed by atoms with Crippen molar-refractivity contribution in [2.75, 3.05) is 18.4 Å². The number of rotatable bonds is 2. The monoisotopic (exact) mass is 332 g/mol. The molecule has 1 N–H and O–H groups in total. The van der Waals surface area contributed by atoms with Gasteiger partial charge in [-0.15, -0.1) is 0 Å². The average Bonchev–Trinajstić information content (AvgIpc) is 2.99. The Morgan fingerprint density at radius 1 is 1.46 bits per heavy atom. The van der Waals surface area contributed by atoms with Gasteiger partial charge in [-0.3, -0.25) is 0 Å². The van der Waals surface area contributed by atoms with Gasteiger partial charge in [-0.05, 0) is 45.0 Å². The quantitative estimate of drug-likeness (QED) is 0.919. The number of amides is 2. The van der Waals surface area contributed by atoms with Crippen LogP contribution in [0.1, 0.15) is 20.8 Å². The number of ether oxygens (including phenoxy) is 1. The van der Waals surface area contributed by atoms with E-state index in [1.54, 1.807) is 34.1 Å². The van der Waals surface area contributed by atoms with Gasteiger partial charge in [-0.2, -0.15) is 5.10 Å². The molecule has 2 amide bonds. The molecule has 0 aliphatic carbocycles. The number of aromatic nitrogens is 2. The van der Waals surface area contributed by atoms with Gasteiger partial charge >= 0.3 is 6.03 Å². The highest BCUT2D eigenvalue weighted by Gasteiger charge is 2.33. The summed E-state index contributed by atoms with van der Waals surface area (Å²) in [5.41, 5.74) is 0.567. The zero-order chi connectivity index (χ0) is 17.3. The Morgan fingerprint density at radius 3 is 2.92 bits per heavy atom. The van der Waals surface area contributed by atoms with Gasteiger partial charge in [-0.25, -0.2) is 13.9 Å². The molecule has 7 heteroatoms. The zero-order valence-corrected chi connectivity index (χ0v) is 14.0. The smallest absolute Gasteiger partial charge is 0.322 e. The summed E-state index contributed by atoms with van der Waals surface area (Å²) in [6.07, 6.45) is 3.31. The molecule has 1 unspecified atom stereocenters. The number of carbonyl (C=O) groups is 1. The van der Waals surface area contributed by atoms with E-state index in [4.69, 9.17) is 4.74 Å². The molecule has 6 nitrogen and oxygen atoms in total. The fourth-order valence-corrected chi connectivity index (χ4v) is 3.02. The van der Waals surface area contributed by atoms with E-state index < -0.39 is 11.4 Å². The summed E-state index contributed by atoms with van der Waals surface area (Å²) in [7, 11) is 0. The molecule has 1 aliphatic rings. The van der Waals surface area contributed by atoms with Crippen molar-refractivity contribution in [3.8, 4) is 5.69 Å².